The van der Waals surface area contributed by atoms with Gasteiger partial charge >= 0.3 is 5.97 Å². The average molecular weight is 164 g/mol. The maximum Gasteiger partial charge on any atom is 0.306 e. The van der Waals surface area contributed by atoms with Gasteiger partial charge in [0.25, 0.3) is 0 Å². The molecule has 10 heavy (non-hydrogen) atoms. The Hall–Kier alpha value is -0.140. The minimum Gasteiger partial charge on any atom is -0.462 e. The highest BCUT2D eigenvalue weighted by Crippen LogP contribution is 1.97. The van der Waals surface area contributed by atoms with Gasteiger partial charge in [-0.25, -0.2) is 0 Å². The molecule has 0 radical (unpaired) electrons. The first-order valence-corrected chi connectivity index (χ1v) is 4.09. The molecule has 0 bridgehead atoms. The van der Waals surface area contributed by atoms with Crippen molar-refractivity contribution in [3.05, 3.63) is 0 Å². The lowest BCUT2D eigenvalue weighted by Crippen LogP contribution is -2.02. The Balaban J connectivity index is 3.05. The Kier molecular flexibility index (Phi) is 6.88. The highest BCUT2D eigenvalue weighted by atomic mass is 31.0. The fourth-order valence-electron chi connectivity index (χ4n) is 0.546. The topological polar surface area (TPSA) is 46.5 Å². The van der Waals surface area contributed by atoms with Crippen LogP contribution in [0.5, 0.6) is 0 Å². The second-order valence-electron chi connectivity index (χ2n) is 1.86. The van der Waals surface area contributed by atoms with Crippen LogP contribution in [0, 0.1) is 0 Å². The Morgan fingerprint density at radius 3 is 2.70 bits per heavy atom. The molecule has 0 aromatic rings. The maximum atomic E-state index is 10.6. The SMILES string of the molecule is O=C(CCCCO)OCP. The van der Waals surface area contributed by atoms with E-state index < -0.39 is 0 Å². The number of aliphatic hydroxyl groups excluding tert-OH is 1. The van der Waals surface area contributed by atoms with Crippen molar-refractivity contribution in [2.24, 2.45) is 0 Å². The van der Waals surface area contributed by atoms with Gasteiger partial charge in [0.2, 0.25) is 0 Å². The van der Waals surface area contributed by atoms with Crippen molar-refractivity contribution in [3.63, 3.8) is 0 Å². The minimum atomic E-state index is -0.191. The van der Waals surface area contributed by atoms with E-state index in [9.17, 15) is 4.79 Å². The van der Waals surface area contributed by atoms with Crippen LogP contribution >= 0.6 is 9.24 Å². The van der Waals surface area contributed by atoms with E-state index >= 15 is 0 Å². The summed E-state index contributed by atoms with van der Waals surface area (Å²) in [6.45, 7) is 0.147. The summed E-state index contributed by atoms with van der Waals surface area (Å²) in [5, 5.41) is 8.35. The summed E-state index contributed by atoms with van der Waals surface area (Å²) in [4.78, 5) is 10.6. The summed E-state index contributed by atoms with van der Waals surface area (Å²) < 4.78 is 4.63. The van der Waals surface area contributed by atoms with Crippen molar-refractivity contribution in [2.45, 2.75) is 19.3 Å². The molecule has 1 N–H and O–H groups in total. The van der Waals surface area contributed by atoms with Gasteiger partial charge in [0.15, 0.2) is 0 Å². The number of hydrogen-bond donors (Lipinski definition) is 1. The molecule has 0 aliphatic rings. The molecular weight excluding hydrogens is 151 g/mol. The molecule has 0 heterocycles. The van der Waals surface area contributed by atoms with E-state index in [1.54, 1.807) is 0 Å². The van der Waals surface area contributed by atoms with E-state index in [-0.39, 0.29) is 12.6 Å². The van der Waals surface area contributed by atoms with Gasteiger partial charge < -0.3 is 9.84 Å². The van der Waals surface area contributed by atoms with Gasteiger partial charge in [-0.15, -0.1) is 0 Å². The summed E-state index contributed by atoms with van der Waals surface area (Å²) in [6, 6.07) is 0. The lowest BCUT2D eigenvalue weighted by Gasteiger charge is -1.98. The number of ether oxygens (including phenoxy) is 1. The third-order valence-electron chi connectivity index (χ3n) is 1.03. The summed E-state index contributed by atoms with van der Waals surface area (Å²) in [6.07, 6.45) is 2.15. The van der Waals surface area contributed by atoms with Gasteiger partial charge in [0.05, 0.1) is 0 Å². The van der Waals surface area contributed by atoms with Crippen LogP contribution in [0.15, 0.2) is 0 Å². The highest BCUT2D eigenvalue weighted by molar-refractivity contribution is 7.16. The zero-order valence-corrected chi connectivity index (χ0v) is 7.03. The van der Waals surface area contributed by atoms with Gasteiger partial charge in [-0.2, -0.15) is 0 Å². The number of aliphatic hydroxyl groups is 1. The van der Waals surface area contributed by atoms with E-state index in [0.717, 1.165) is 0 Å². The van der Waals surface area contributed by atoms with Crippen LogP contribution in [-0.4, -0.2) is 24.0 Å². The second kappa shape index (κ2) is 6.97. The third kappa shape index (κ3) is 5.99. The first-order chi connectivity index (χ1) is 4.81. The number of carbonyl (C=O) groups excluding carboxylic acids is 1. The molecule has 60 valence electrons. The standard InChI is InChI=1S/C6H13O3P/c7-4-2-1-3-6(8)9-5-10/h7H,1-5,10H2. The first kappa shape index (κ1) is 9.86. The molecule has 0 saturated heterocycles. The van der Waals surface area contributed by atoms with Gasteiger partial charge in [-0.3, -0.25) is 4.79 Å². The largest absolute Gasteiger partial charge is 0.462 e. The number of unbranched alkanes of at least 4 members (excludes halogenated alkanes) is 1. The fourth-order valence-corrected chi connectivity index (χ4v) is 0.732. The molecule has 0 saturated carbocycles. The van der Waals surface area contributed by atoms with Crippen molar-refractivity contribution >= 4 is 15.2 Å². The molecule has 0 aliphatic heterocycles. The monoisotopic (exact) mass is 164 g/mol. The van der Waals surface area contributed by atoms with Crippen LogP contribution in [0.2, 0.25) is 0 Å². The zero-order chi connectivity index (χ0) is 7.82. The second-order valence-corrected chi connectivity index (χ2v) is 2.20. The van der Waals surface area contributed by atoms with E-state index in [0.29, 0.717) is 25.6 Å². The van der Waals surface area contributed by atoms with Crippen LogP contribution in [-0.2, 0) is 9.53 Å². The molecule has 0 spiro atoms. The molecule has 0 aliphatic carbocycles. The number of carbonyl (C=O) groups is 1. The molecule has 0 fully saturated rings. The minimum absolute atomic E-state index is 0.147. The Morgan fingerprint density at radius 1 is 1.50 bits per heavy atom. The number of esters is 1. The van der Waals surface area contributed by atoms with E-state index in [2.05, 4.69) is 14.0 Å². The lowest BCUT2D eigenvalue weighted by molar-refractivity contribution is -0.141. The smallest absolute Gasteiger partial charge is 0.306 e. The highest BCUT2D eigenvalue weighted by Gasteiger charge is 1.98. The molecule has 1 atom stereocenters. The quantitative estimate of drug-likeness (QED) is 0.366. The van der Waals surface area contributed by atoms with Crippen molar-refractivity contribution in [1.29, 1.82) is 0 Å². The number of hydrogen-bond acceptors (Lipinski definition) is 3. The van der Waals surface area contributed by atoms with Crippen LogP contribution in [0.25, 0.3) is 0 Å². The molecule has 0 aromatic carbocycles. The van der Waals surface area contributed by atoms with Crippen molar-refractivity contribution < 1.29 is 14.6 Å². The molecule has 4 heteroatoms. The molecule has 0 aromatic heterocycles. The van der Waals surface area contributed by atoms with Crippen LogP contribution in [0.4, 0.5) is 0 Å². The third-order valence-corrected chi connectivity index (χ3v) is 1.20. The summed E-state index contributed by atoms with van der Waals surface area (Å²) in [5.74, 6) is -0.191. The van der Waals surface area contributed by atoms with Crippen molar-refractivity contribution in [3.8, 4) is 0 Å². The van der Waals surface area contributed by atoms with Crippen molar-refractivity contribution in [1.82, 2.24) is 0 Å². The Bertz CT molecular complexity index is 95.0. The predicted octanol–water partition coefficient (Wildman–Crippen LogP) is 0.525. The van der Waals surface area contributed by atoms with Gasteiger partial charge in [-0.1, -0.05) is 9.24 Å². The van der Waals surface area contributed by atoms with Crippen LogP contribution in [0.1, 0.15) is 19.3 Å². The Labute approximate surface area is 63.0 Å². The van der Waals surface area contributed by atoms with E-state index in [4.69, 9.17) is 5.11 Å². The Morgan fingerprint density at radius 2 is 2.20 bits per heavy atom. The average Bonchev–Trinajstić information content (AvgIpc) is 1.89. The molecule has 3 nitrogen and oxygen atoms in total. The van der Waals surface area contributed by atoms with E-state index in [1.807, 2.05) is 0 Å². The molecular formula is C6H13O3P. The van der Waals surface area contributed by atoms with E-state index in [1.165, 1.54) is 0 Å². The fraction of sp³-hybridized carbons (Fsp3) is 0.833. The van der Waals surface area contributed by atoms with Gasteiger partial charge in [-0.05, 0) is 12.8 Å². The molecule has 0 rings (SSSR count). The number of rotatable bonds is 5. The molecule has 1 unspecified atom stereocenters. The van der Waals surface area contributed by atoms with Crippen molar-refractivity contribution in [2.75, 3.05) is 13.0 Å². The van der Waals surface area contributed by atoms with Gasteiger partial charge in [0, 0.05) is 13.0 Å². The normalized spacial score (nSPS) is 9.40. The maximum absolute atomic E-state index is 10.6. The lowest BCUT2D eigenvalue weighted by atomic mass is 10.2. The first-order valence-electron chi connectivity index (χ1n) is 3.27. The summed E-state index contributed by atoms with van der Waals surface area (Å²) in [5.41, 5.74) is 0. The predicted molar refractivity (Wildman–Crippen MR) is 41.6 cm³/mol. The summed E-state index contributed by atoms with van der Waals surface area (Å²) >= 11 is 0. The summed E-state index contributed by atoms with van der Waals surface area (Å²) in [7, 11) is 2.31. The van der Waals surface area contributed by atoms with Crippen LogP contribution < -0.4 is 0 Å². The zero-order valence-electron chi connectivity index (χ0n) is 5.88. The van der Waals surface area contributed by atoms with Gasteiger partial charge in [0.1, 0.15) is 6.35 Å². The van der Waals surface area contributed by atoms with Crippen LogP contribution in [0.3, 0.4) is 0 Å². The molecule has 0 amide bonds.